The number of amides is 2. The fraction of sp³-hybridized carbons (Fsp3) is 0.628. The topological polar surface area (TPSA) is 484 Å². The average Bonchev–Trinajstić information content (AvgIpc) is 3.36. The second kappa shape index (κ2) is 32.5. The average molecular weight is 1200 g/mol. The van der Waals surface area contributed by atoms with Crippen LogP contribution < -0.4 is 30.2 Å². The number of aliphatic carboxylic acids is 1. The molecule has 0 radical (unpaired) electrons. The molecule has 0 aliphatic carbocycles. The zero-order valence-electron chi connectivity index (χ0n) is 42.2. The second-order valence-corrected chi connectivity index (χ2v) is 19.8. The number of anilines is 1. The lowest BCUT2D eigenvalue weighted by Gasteiger charge is -2.47. The summed E-state index contributed by atoms with van der Waals surface area (Å²) in [5.74, 6) is -2.01. The maximum absolute atomic E-state index is 13.4. The van der Waals surface area contributed by atoms with Gasteiger partial charge in [0.15, 0.2) is 35.1 Å². The summed E-state index contributed by atoms with van der Waals surface area (Å²) in [6.07, 6.45) is -15.7. The maximum atomic E-state index is 13.4. The number of hydrogen-bond donors (Lipinski definition) is 10. The van der Waals surface area contributed by atoms with E-state index in [1.807, 2.05) is 0 Å². The SMILES string of the molecule is C.COc1cc(CO)c([N+](=O)[O-])cc1NCCCC(=O)O.COc1cc(CO)c([N+](=O)[O-])cc1OCCCC(=O)SCCNC(=O)C1OC(OC2C(O)C(COS(=O)(=O)O)OC(C)C2NC(C)=O)C(OS(=O)(=O)O)C(O)C1OC. The van der Waals surface area contributed by atoms with Gasteiger partial charge in [0.2, 0.25) is 5.91 Å². The molecule has 36 heteroatoms. The molecule has 10 unspecified atom stereocenters. The summed E-state index contributed by atoms with van der Waals surface area (Å²) in [7, 11) is -6.66. The number of carbonyl (C=O) groups excluding carboxylic acids is 3. The van der Waals surface area contributed by atoms with E-state index >= 15 is 0 Å². The van der Waals surface area contributed by atoms with Crippen molar-refractivity contribution in [3.63, 3.8) is 0 Å². The molecule has 0 saturated carbocycles. The number of carbonyl (C=O) groups is 4. The van der Waals surface area contributed by atoms with E-state index in [2.05, 4.69) is 24.3 Å². The summed E-state index contributed by atoms with van der Waals surface area (Å²) >= 11 is 0.830. The smallest absolute Gasteiger partial charge is 0.397 e. The summed E-state index contributed by atoms with van der Waals surface area (Å²) in [6, 6.07) is 3.73. The van der Waals surface area contributed by atoms with Crippen molar-refractivity contribution in [1.82, 2.24) is 10.6 Å². The van der Waals surface area contributed by atoms with Crippen molar-refractivity contribution in [2.45, 2.75) is 121 Å². The van der Waals surface area contributed by atoms with E-state index in [-0.39, 0.29) is 84.7 Å². The van der Waals surface area contributed by atoms with Crippen LogP contribution in [0.5, 0.6) is 17.2 Å². The van der Waals surface area contributed by atoms with E-state index in [4.69, 9.17) is 47.9 Å². The summed E-state index contributed by atoms with van der Waals surface area (Å²) in [6.45, 7) is 0.570. The molecular formula is C43H65N5O28S3. The highest BCUT2D eigenvalue weighted by molar-refractivity contribution is 8.13. The first kappa shape index (κ1) is 69.4. The quantitative estimate of drug-likeness (QED) is 0.0218. The molecule has 448 valence electrons. The maximum Gasteiger partial charge on any atom is 0.397 e. The zero-order valence-corrected chi connectivity index (χ0v) is 44.6. The van der Waals surface area contributed by atoms with Gasteiger partial charge in [0.05, 0.1) is 85.5 Å². The van der Waals surface area contributed by atoms with Crippen molar-refractivity contribution in [1.29, 1.82) is 0 Å². The molecule has 2 heterocycles. The summed E-state index contributed by atoms with van der Waals surface area (Å²) in [5, 5.41) is 79.0. The summed E-state index contributed by atoms with van der Waals surface area (Å²) in [4.78, 5) is 69.2. The van der Waals surface area contributed by atoms with Crippen LogP contribution in [0.1, 0.15) is 58.1 Å². The number of carboxylic acids is 1. The lowest BCUT2D eigenvalue weighted by Crippen LogP contribution is -2.68. The van der Waals surface area contributed by atoms with Crippen molar-refractivity contribution >= 4 is 72.5 Å². The van der Waals surface area contributed by atoms with Gasteiger partial charge in [-0.1, -0.05) is 19.2 Å². The number of aliphatic hydroxyl groups is 4. The molecule has 0 aromatic heterocycles. The molecule has 4 rings (SSSR count). The van der Waals surface area contributed by atoms with Gasteiger partial charge in [-0.15, -0.1) is 0 Å². The number of methoxy groups -OCH3 is 3. The minimum Gasteiger partial charge on any atom is -0.495 e. The molecule has 0 bridgehead atoms. The van der Waals surface area contributed by atoms with E-state index in [9.17, 15) is 76.1 Å². The molecule has 2 saturated heterocycles. The Morgan fingerprint density at radius 2 is 1.41 bits per heavy atom. The Morgan fingerprint density at radius 1 is 0.797 bits per heavy atom. The molecule has 2 amide bonds. The van der Waals surface area contributed by atoms with Crippen LogP contribution in [-0.4, -0.2) is 199 Å². The standard InChI is InChI=1S/C30H45N3O22S3.C12H16N2O6.CH4/c1-14-22(32-15(2)35)25(23(37)20(52-14)13-51-57(42,43)44)53-30-27(55-58(45,46)47)24(38)26(49-4)28(54-30)29(39)31-7-9-56-21(36)6-5-8-50-19-11-17(33(40)41)16(12-34)10-18(19)48-3;1-20-11-5-8(7-15)10(14(18)19)6-9(11)13-4-2-3-12(16)17;/h10-11,14,20,22-28,30,34,37-38H,5-9,12-13H2,1-4H3,(H,31,39)(H,32,35)(H,42,43,44)(H,45,46,47);5-6,13,15H,2-4,7H2,1H3,(H,16,17);1H4. The van der Waals surface area contributed by atoms with Gasteiger partial charge < -0.3 is 74.6 Å². The number of thioether (sulfide) groups is 1. The Morgan fingerprint density at radius 3 is 1.94 bits per heavy atom. The number of rotatable bonds is 29. The number of ether oxygens (including phenoxy) is 7. The number of hydrogen-bond acceptors (Lipinski definition) is 27. The molecular weight excluding hydrogens is 1130 g/mol. The van der Waals surface area contributed by atoms with Crippen LogP contribution in [0.2, 0.25) is 0 Å². The third-order valence-corrected chi connectivity index (χ3v) is 13.0. The van der Waals surface area contributed by atoms with Gasteiger partial charge in [0.1, 0.15) is 36.3 Å². The van der Waals surface area contributed by atoms with Gasteiger partial charge >= 0.3 is 26.8 Å². The first-order chi connectivity index (χ1) is 36.6. The third kappa shape index (κ3) is 21.7. The van der Waals surface area contributed by atoms with Gasteiger partial charge in [0, 0.05) is 51.8 Å². The highest BCUT2D eigenvalue weighted by Gasteiger charge is 2.54. The van der Waals surface area contributed by atoms with Gasteiger partial charge in [0.25, 0.3) is 17.3 Å². The Kier molecular flexibility index (Phi) is 28.6. The van der Waals surface area contributed by atoms with Crippen molar-refractivity contribution in [2.24, 2.45) is 0 Å². The highest BCUT2D eigenvalue weighted by Crippen LogP contribution is 2.36. The van der Waals surface area contributed by atoms with E-state index in [0.717, 1.165) is 31.9 Å². The molecule has 33 nitrogen and oxygen atoms in total. The predicted molar refractivity (Wildman–Crippen MR) is 271 cm³/mol. The van der Waals surface area contributed by atoms with Crippen molar-refractivity contribution in [3.05, 3.63) is 55.6 Å². The van der Waals surface area contributed by atoms with Crippen LogP contribution in [0.25, 0.3) is 0 Å². The number of aliphatic hydroxyl groups excluding tert-OH is 4. The highest BCUT2D eigenvalue weighted by atomic mass is 32.3. The first-order valence-corrected chi connectivity index (χ1v) is 26.7. The molecule has 10 N–H and O–H groups in total. The molecule has 2 aliphatic rings. The monoisotopic (exact) mass is 1200 g/mol. The fourth-order valence-electron chi connectivity index (χ4n) is 7.58. The van der Waals surface area contributed by atoms with Crippen LogP contribution in [0.4, 0.5) is 17.1 Å². The third-order valence-electron chi connectivity index (χ3n) is 11.1. The van der Waals surface area contributed by atoms with Gasteiger partial charge in [-0.05, 0) is 31.9 Å². The lowest BCUT2D eigenvalue weighted by molar-refractivity contribution is -0.386. The first-order valence-electron chi connectivity index (χ1n) is 22.9. The summed E-state index contributed by atoms with van der Waals surface area (Å²) < 4.78 is 111. The van der Waals surface area contributed by atoms with Gasteiger partial charge in [-0.25, -0.2) is 8.37 Å². The molecule has 2 aromatic rings. The van der Waals surface area contributed by atoms with E-state index < -0.39 is 129 Å². The van der Waals surface area contributed by atoms with E-state index in [1.54, 1.807) is 0 Å². The van der Waals surface area contributed by atoms with Crippen LogP contribution in [-0.2, 0) is 80.5 Å². The minimum absolute atomic E-state index is 0. The second-order valence-electron chi connectivity index (χ2n) is 16.5. The molecule has 2 aliphatic heterocycles. The molecule has 0 spiro atoms. The minimum atomic E-state index is -5.38. The lowest BCUT2D eigenvalue weighted by atomic mass is 9.92. The summed E-state index contributed by atoms with van der Waals surface area (Å²) in [5.41, 5.74) is -0.0299. The largest absolute Gasteiger partial charge is 0.495 e. The Hall–Kier alpha value is -5.71. The predicted octanol–water partition coefficient (Wildman–Crippen LogP) is -0.214. The van der Waals surface area contributed by atoms with Crippen molar-refractivity contribution in [3.8, 4) is 17.2 Å². The molecule has 79 heavy (non-hydrogen) atoms. The number of nitro groups is 2. The Bertz CT molecular complexity index is 2620. The molecule has 2 aromatic carbocycles. The number of nitrogens with zero attached hydrogens (tertiary/aromatic N) is 2. The number of nitro benzene ring substituents is 2. The zero-order chi connectivity index (χ0) is 58.7. The normalized spacial score (nSPS) is 22.9. The molecule has 2 fully saturated rings. The molecule has 10 atom stereocenters. The van der Waals surface area contributed by atoms with E-state index in [0.29, 0.717) is 24.4 Å². The van der Waals surface area contributed by atoms with Crippen LogP contribution in [0.15, 0.2) is 24.3 Å². The van der Waals surface area contributed by atoms with Crippen LogP contribution in [0, 0.1) is 20.2 Å². The Labute approximate surface area is 456 Å². The number of carboxylic acid groups (broad SMARTS) is 1. The van der Waals surface area contributed by atoms with Crippen LogP contribution >= 0.6 is 11.8 Å². The number of benzene rings is 2. The Balaban J connectivity index is 0.000000852. The fourth-order valence-corrected chi connectivity index (χ4v) is 9.09. The number of nitrogens with one attached hydrogen (secondary N) is 3. The van der Waals surface area contributed by atoms with Crippen molar-refractivity contribution in [2.75, 3.05) is 58.7 Å². The van der Waals surface area contributed by atoms with Gasteiger partial charge in [-0.2, -0.15) is 16.8 Å². The van der Waals surface area contributed by atoms with Gasteiger partial charge in [-0.3, -0.25) is 48.5 Å². The van der Waals surface area contributed by atoms with E-state index in [1.165, 1.54) is 39.3 Å². The van der Waals surface area contributed by atoms with Crippen LogP contribution in [0.3, 0.4) is 0 Å². The van der Waals surface area contributed by atoms with Crippen molar-refractivity contribution < 1.29 is 122 Å².